The van der Waals surface area contributed by atoms with E-state index >= 15 is 0 Å². The molecule has 2 rings (SSSR count). The van der Waals surface area contributed by atoms with Gasteiger partial charge in [0.05, 0.1) is 4.88 Å². The first-order valence-electron chi connectivity index (χ1n) is 7.46. The first kappa shape index (κ1) is 16.5. The maximum Gasteiger partial charge on any atom is 0.279 e. The second kappa shape index (κ2) is 7.40. The summed E-state index contributed by atoms with van der Waals surface area (Å²) in [7, 11) is 0. The number of rotatable bonds is 3. The average Bonchev–Trinajstić information content (AvgIpc) is 2.75. The zero-order valence-electron chi connectivity index (χ0n) is 12.8. The van der Waals surface area contributed by atoms with E-state index in [1.165, 1.54) is 41.5 Å². The molecule has 3 N–H and O–H groups in total. The van der Waals surface area contributed by atoms with Crippen molar-refractivity contribution in [3.05, 3.63) is 21.4 Å². The van der Waals surface area contributed by atoms with E-state index in [1.54, 1.807) is 6.92 Å². The lowest BCUT2D eigenvalue weighted by Crippen LogP contribution is -2.50. The standard InChI is InChI=1S/C15H21N3O3S/c1-9(16-10(2)19)14(20)17-18-15(21)13-8-11-6-4-3-5-7-12(11)22-13/h8-9H,3-7H2,1-2H3,(H,16,19)(H,17,20)(H,18,21). The summed E-state index contributed by atoms with van der Waals surface area (Å²) in [6.07, 6.45) is 5.61. The number of nitrogens with one attached hydrogen (secondary N) is 3. The third-order valence-corrected chi connectivity index (χ3v) is 4.82. The van der Waals surface area contributed by atoms with Crippen molar-refractivity contribution in [3.8, 4) is 0 Å². The molecule has 3 amide bonds. The summed E-state index contributed by atoms with van der Waals surface area (Å²) < 4.78 is 0. The van der Waals surface area contributed by atoms with Gasteiger partial charge in [-0.3, -0.25) is 25.2 Å². The number of carbonyl (C=O) groups excluding carboxylic acids is 3. The van der Waals surface area contributed by atoms with Crippen LogP contribution in [0, 0.1) is 0 Å². The Morgan fingerprint density at radius 3 is 2.59 bits per heavy atom. The molecule has 6 nitrogen and oxygen atoms in total. The number of hydrazine groups is 1. The molecular formula is C15H21N3O3S. The molecule has 0 spiro atoms. The molecule has 22 heavy (non-hydrogen) atoms. The Hall–Kier alpha value is -1.89. The highest BCUT2D eigenvalue weighted by molar-refractivity contribution is 7.14. The van der Waals surface area contributed by atoms with Gasteiger partial charge in [0.1, 0.15) is 6.04 Å². The van der Waals surface area contributed by atoms with E-state index in [2.05, 4.69) is 16.2 Å². The lowest BCUT2D eigenvalue weighted by Gasteiger charge is -2.12. The van der Waals surface area contributed by atoms with Crippen molar-refractivity contribution >= 4 is 29.1 Å². The Kier molecular flexibility index (Phi) is 5.54. The van der Waals surface area contributed by atoms with Crippen LogP contribution in [0.15, 0.2) is 6.07 Å². The van der Waals surface area contributed by atoms with Gasteiger partial charge in [-0.2, -0.15) is 0 Å². The smallest absolute Gasteiger partial charge is 0.279 e. The Morgan fingerprint density at radius 2 is 1.86 bits per heavy atom. The van der Waals surface area contributed by atoms with E-state index in [-0.39, 0.29) is 11.8 Å². The fourth-order valence-electron chi connectivity index (χ4n) is 2.44. The predicted molar refractivity (Wildman–Crippen MR) is 84.5 cm³/mol. The highest BCUT2D eigenvalue weighted by Crippen LogP contribution is 2.28. The molecule has 7 heteroatoms. The summed E-state index contributed by atoms with van der Waals surface area (Å²) >= 11 is 1.49. The monoisotopic (exact) mass is 323 g/mol. The molecule has 1 atom stereocenters. The zero-order valence-corrected chi connectivity index (χ0v) is 13.6. The summed E-state index contributed by atoms with van der Waals surface area (Å²) in [6, 6.07) is 1.22. The Morgan fingerprint density at radius 1 is 1.14 bits per heavy atom. The Bertz CT molecular complexity index is 559. The molecule has 1 unspecified atom stereocenters. The summed E-state index contributed by atoms with van der Waals surface area (Å²) in [4.78, 5) is 36.6. The maximum absolute atomic E-state index is 12.1. The number of hydrogen-bond donors (Lipinski definition) is 3. The fraction of sp³-hybridized carbons (Fsp3) is 0.533. The number of amides is 3. The molecule has 1 aliphatic rings. The quantitative estimate of drug-likeness (QED) is 0.579. The highest BCUT2D eigenvalue weighted by Gasteiger charge is 2.18. The summed E-state index contributed by atoms with van der Waals surface area (Å²) in [5.41, 5.74) is 5.99. The van der Waals surface area contributed by atoms with Crippen molar-refractivity contribution in [1.29, 1.82) is 0 Å². The van der Waals surface area contributed by atoms with E-state index in [1.807, 2.05) is 6.07 Å². The van der Waals surface area contributed by atoms with Crippen LogP contribution in [0.2, 0.25) is 0 Å². The Balaban J connectivity index is 1.90. The first-order chi connectivity index (χ1) is 10.5. The van der Waals surface area contributed by atoms with E-state index in [4.69, 9.17) is 0 Å². The largest absolute Gasteiger partial charge is 0.345 e. The molecule has 120 valence electrons. The van der Waals surface area contributed by atoms with Crippen LogP contribution in [-0.4, -0.2) is 23.8 Å². The van der Waals surface area contributed by atoms with Crippen LogP contribution in [-0.2, 0) is 22.4 Å². The Labute approximate surface area is 133 Å². The topological polar surface area (TPSA) is 87.3 Å². The maximum atomic E-state index is 12.1. The minimum absolute atomic E-state index is 0.295. The van der Waals surface area contributed by atoms with Gasteiger partial charge in [-0.25, -0.2) is 0 Å². The highest BCUT2D eigenvalue weighted by atomic mass is 32.1. The first-order valence-corrected chi connectivity index (χ1v) is 8.28. The van der Waals surface area contributed by atoms with Crippen LogP contribution in [0.5, 0.6) is 0 Å². The molecule has 0 saturated heterocycles. The van der Waals surface area contributed by atoms with E-state index in [9.17, 15) is 14.4 Å². The van der Waals surface area contributed by atoms with Crippen molar-refractivity contribution in [1.82, 2.24) is 16.2 Å². The molecule has 0 aliphatic heterocycles. The minimum Gasteiger partial charge on any atom is -0.345 e. The van der Waals surface area contributed by atoms with Gasteiger partial charge in [-0.1, -0.05) is 6.42 Å². The van der Waals surface area contributed by atoms with Crippen LogP contribution in [0.3, 0.4) is 0 Å². The molecule has 0 radical (unpaired) electrons. The van der Waals surface area contributed by atoms with Gasteiger partial charge >= 0.3 is 0 Å². The van der Waals surface area contributed by atoms with Crippen molar-refractivity contribution in [3.63, 3.8) is 0 Å². The lowest BCUT2D eigenvalue weighted by molar-refractivity contribution is -0.128. The lowest BCUT2D eigenvalue weighted by atomic mass is 10.1. The van der Waals surface area contributed by atoms with E-state index < -0.39 is 11.9 Å². The molecule has 0 saturated carbocycles. The number of thiophene rings is 1. The van der Waals surface area contributed by atoms with Crippen LogP contribution in [0.25, 0.3) is 0 Å². The molecule has 0 fully saturated rings. The van der Waals surface area contributed by atoms with Crippen molar-refractivity contribution in [2.75, 3.05) is 0 Å². The van der Waals surface area contributed by atoms with Gasteiger partial charge in [0.15, 0.2) is 0 Å². The van der Waals surface area contributed by atoms with Gasteiger partial charge < -0.3 is 5.32 Å². The number of hydrogen-bond acceptors (Lipinski definition) is 4. The number of aryl methyl sites for hydroxylation is 2. The third kappa shape index (κ3) is 4.30. The zero-order chi connectivity index (χ0) is 16.1. The third-order valence-electron chi connectivity index (χ3n) is 3.58. The molecule has 1 aromatic rings. The predicted octanol–water partition coefficient (Wildman–Crippen LogP) is 1.30. The van der Waals surface area contributed by atoms with E-state index in [0.717, 1.165) is 19.3 Å². The van der Waals surface area contributed by atoms with Gasteiger partial charge in [0, 0.05) is 11.8 Å². The van der Waals surface area contributed by atoms with Gasteiger partial charge in [-0.05, 0) is 44.2 Å². The SMILES string of the molecule is CC(=O)NC(C)C(=O)NNC(=O)c1cc2c(s1)CCCCC2. The molecule has 1 aromatic heterocycles. The molecule has 0 bridgehead atoms. The molecule has 1 aliphatic carbocycles. The number of fused-ring (bicyclic) bond motifs is 1. The van der Waals surface area contributed by atoms with Crippen LogP contribution in [0.4, 0.5) is 0 Å². The fourth-order valence-corrected chi connectivity index (χ4v) is 3.59. The second-order valence-corrected chi connectivity index (χ2v) is 6.62. The summed E-state index contributed by atoms with van der Waals surface area (Å²) in [5.74, 6) is -1.07. The second-order valence-electron chi connectivity index (χ2n) is 5.49. The summed E-state index contributed by atoms with van der Waals surface area (Å²) in [5, 5.41) is 2.45. The molecule has 0 aromatic carbocycles. The van der Waals surface area contributed by atoms with Crippen LogP contribution in [0.1, 0.15) is 53.2 Å². The summed E-state index contributed by atoms with van der Waals surface area (Å²) in [6.45, 7) is 2.89. The van der Waals surface area contributed by atoms with Crippen LogP contribution >= 0.6 is 11.3 Å². The molecule has 1 heterocycles. The van der Waals surface area contributed by atoms with Gasteiger partial charge in [0.25, 0.3) is 11.8 Å². The van der Waals surface area contributed by atoms with E-state index in [0.29, 0.717) is 4.88 Å². The van der Waals surface area contributed by atoms with Crippen molar-refractivity contribution < 1.29 is 14.4 Å². The van der Waals surface area contributed by atoms with Crippen molar-refractivity contribution in [2.45, 2.75) is 52.0 Å². The molecular weight excluding hydrogens is 302 g/mol. The normalized spacial score (nSPS) is 15.2. The van der Waals surface area contributed by atoms with Gasteiger partial charge in [-0.15, -0.1) is 11.3 Å². The number of carbonyl (C=O) groups is 3. The van der Waals surface area contributed by atoms with Crippen molar-refractivity contribution in [2.24, 2.45) is 0 Å². The minimum atomic E-state index is -0.696. The average molecular weight is 323 g/mol. The van der Waals surface area contributed by atoms with Gasteiger partial charge in [0.2, 0.25) is 5.91 Å². The van der Waals surface area contributed by atoms with Crippen LogP contribution < -0.4 is 16.2 Å².